The fourth-order valence-corrected chi connectivity index (χ4v) is 6.11. The average molecular weight is 448 g/mol. The van der Waals surface area contributed by atoms with Gasteiger partial charge in [-0.3, -0.25) is 14.2 Å². The number of rotatable bonds is 5. The van der Waals surface area contributed by atoms with Crippen molar-refractivity contribution < 1.29 is 4.79 Å². The summed E-state index contributed by atoms with van der Waals surface area (Å²) in [7, 11) is 0. The lowest BCUT2D eigenvalue weighted by molar-refractivity contribution is -0.113. The van der Waals surface area contributed by atoms with E-state index in [0.29, 0.717) is 5.16 Å². The number of nitrogens with zero attached hydrogens (tertiary/aromatic N) is 2. The van der Waals surface area contributed by atoms with E-state index in [0.717, 1.165) is 46.4 Å². The SMILES string of the molecule is Cc1ccccc1-n1c(SCC(=O)Nc2ccccc2)nc2sc3c(c2c1=O)CCC3. The monoisotopic (exact) mass is 447 g/mol. The van der Waals surface area contributed by atoms with E-state index in [9.17, 15) is 9.59 Å². The Balaban J connectivity index is 1.55. The Morgan fingerprint density at radius 3 is 2.71 bits per heavy atom. The zero-order valence-electron chi connectivity index (χ0n) is 17.1. The van der Waals surface area contributed by atoms with Crippen molar-refractivity contribution >= 4 is 44.9 Å². The molecule has 2 aromatic heterocycles. The molecule has 0 unspecified atom stereocenters. The molecule has 7 heteroatoms. The number of carbonyl (C=O) groups excluding carboxylic acids is 1. The highest BCUT2D eigenvalue weighted by Gasteiger charge is 2.24. The van der Waals surface area contributed by atoms with Crippen LogP contribution in [0.1, 0.15) is 22.4 Å². The topological polar surface area (TPSA) is 64.0 Å². The predicted molar refractivity (Wildman–Crippen MR) is 128 cm³/mol. The van der Waals surface area contributed by atoms with Gasteiger partial charge in [0.05, 0.1) is 16.8 Å². The third-order valence-corrected chi connectivity index (χ3v) is 7.58. The number of nitrogens with one attached hydrogen (secondary N) is 1. The molecule has 0 saturated heterocycles. The van der Waals surface area contributed by atoms with Gasteiger partial charge in [0.15, 0.2) is 5.16 Å². The number of hydrogen-bond donors (Lipinski definition) is 1. The molecule has 4 aromatic rings. The van der Waals surface area contributed by atoms with Crippen molar-refractivity contribution in [1.29, 1.82) is 0 Å². The third-order valence-electron chi connectivity index (χ3n) is 5.45. The van der Waals surface area contributed by atoms with Crippen LogP contribution in [0.4, 0.5) is 5.69 Å². The first-order valence-electron chi connectivity index (χ1n) is 10.2. The molecule has 0 atom stereocenters. The van der Waals surface area contributed by atoms with Crippen molar-refractivity contribution in [2.75, 3.05) is 11.1 Å². The van der Waals surface area contributed by atoms with Gasteiger partial charge in [-0.05, 0) is 55.5 Å². The quantitative estimate of drug-likeness (QED) is 0.346. The summed E-state index contributed by atoms with van der Waals surface area (Å²) < 4.78 is 1.68. The highest BCUT2D eigenvalue weighted by Crippen LogP contribution is 2.36. The normalized spacial score (nSPS) is 12.8. The maximum Gasteiger partial charge on any atom is 0.267 e. The van der Waals surface area contributed by atoms with E-state index in [1.165, 1.54) is 22.2 Å². The molecule has 2 heterocycles. The summed E-state index contributed by atoms with van der Waals surface area (Å²) in [5.41, 5.74) is 3.68. The number of hydrogen-bond acceptors (Lipinski definition) is 5. The van der Waals surface area contributed by atoms with Crippen LogP contribution >= 0.6 is 23.1 Å². The zero-order valence-corrected chi connectivity index (χ0v) is 18.7. The van der Waals surface area contributed by atoms with E-state index in [1.54, 1.807) is 15.9 Å². The zero-order chi connectivity index (χ0) is 21.4. The summed E-state index contributed by atoms with van der Waals surface area (Å²) in [4.78, 5) is 33.1. The summed E-state index contributed by atoms with van der Waals surface area (Å²) >= 11 is 2.92. The van der Waals surface area contributed by atoms with Gasteiger partial charge in [0.2, 0.25) is 5.91 Å². The Morgan fingerprint density at radius 1 is 1.13 bits per heavy atom. The van der Waals surface area contributed by atoms with Crippen LogP contribution in [0.2, 0.25) is 0 Å². The second-order valence-electron chi connectivity index (χ2n) is 7.56. The maximum absolute atomic E-state index is 13.7. The van der Waals surface area contributed by atoms with Crippen LogP contribution in [0.15, 0.2) is 64.5 Å². The van der Waals surface area contributed by atoms with Crippen LogP contribution < -0.4 is 10.9 Å². The number of fused-ring (bicyclic) bond motifs is 3. The third kappa shape index (κ3) is 3.79. The molecule has 0 spiro atoms. The standard InChI is InChI=1S/C24H21N3O2S2/c1-15-8-5-6-12-18(15)27-23(29)21-17-11-7-13-19(17)31-22(21)26-24(27)30-14-20(28)25-16-9-3-2-4-10-16/h2-6,8-10,12H,7,11,13-14H2,1H3,(H,25,28). The molecule has 0 aliphatic heterocycles. The van der Waals surface area contributed by atoms with Crippen LogP contribution in [0.5, 0.6) is 0 Å². The summed E-state index contributed by atoms with van der Waals surface area (Å²) in [5.74, 6) is 0.0413. The fourth-order valence-electron chi connectivity index (χ4n) is 4.00. The average Bonchev–Trinajstić information content (AvgIpc) is 3.35. The molecule has 1 aliphatic rings. The van der Waals surface area contributed by atoms with Gasteiger partial charge >= 0.3 is 0 Å². The van der Waals surface area contributed by atoms with Crippen LogP contribution in [-0.2, 0) is 17.6 Å². The van der Waals surface area contributed by atoms with Gasteiger partial charge < -0.3 is 5.32 Å². The molecule has 5 rings (SSSR count). The molecule has 2 aromatic carbocycles. The largest absolute Gasteiger partial charge is 0.325 e. The van der Waals surface area contributed by atoms with Crippen molar-refractivity contribution in [2.24, 2.45) is 0 Å². The molecule has 31 heavy (non-hydrogen) atoms. The first-order valence-corrected chi connectivity index (χ1v) is 12.0. The summed E-state index contributed by atoms with van der Waals surface area (Å²) in [5, 5.41) is 4.19. The number of carbonyl (C=O) groups is 1. The van der Waals surface area contributed by atoms with Crippen molar-refractivity contribution in [3.05, 3.63) is 81.0 Å². The van der Waals surface area contributed by atoms with Gasteiger partial charge in [-0.2, -0.15) is 0 Å². The van der Waals surface area contributed by atoms with Gasteiger partial charge in [0, 0.05) is 10.6 Å². The van der Waals surface area contributed by atoms with Crippen molar-refractivity contribution in [3.8, 4) is 5.69 Å². The molecule has 1 aliphatic carbocycles. The van der Waals surface area contributed by atoms with Crippen LogP contribution in [0.3, 0.4) is 0 Å². The molecule has 1 N–H and O–H groups in total. The molecule has 0 fully saturated rings. The summed E-state index contributed by atoms with van der Waals surface area (Å²) in [6.07, 6.45) is 3.05. The van der Waals surface area contributed by atoms with Gasteiger partial charge in [-0.15, -0.1) is 11.3 Å². The van der Waals surface area contributed by atoms with Gasteiger partial charge in [0.25, 0.3) is 5.56 Å². The van der Waals surface area contributed by atoms with Crippen molar-refractivity contribution in [3.63, 3.8) is 0 Å². The number of benzene rings is 2. The van der Waals surface area contributed by atoms with Crippen LogP contribution in [-0.4, -0.2) is 21.2 Å². The highest BCUT2D eigenvalue weighted by atomic mass is 32.2. The Bertz CT molecular complexity index is 1340. The number of anilines is 1. The molecule has 5 nitrogen and oxygen atoms in total. The fraction of sp³-hybridized carbons (Fsp3) is 0.208. The van der Waals surface area contributed by atoms with E-state index in [1.807, 2.05) is 61.5 Å². The molecule has 156 valence electrons. The molecule has 0 radical (unpaired) electrons. The summed E-state index contributed by atoms with van der Waals surface area (Å²) in [6.45, 7) is 1.99. The van der Waals surface area contributed by atoms with Crippen LogP contribution in [0.25, 0.3) is 15.9 Å². The minimum Gasteiger partial charge on any atom is -0.325 e. The lowest BCUT2D eigenvalue weighted by Gasteiger charge is -2.14. The van der Waals surface area contributed by atoms with Gasteiger partial charge in [-0.1, -0.05) is 48.2 Å². The number of aromatic nitrogens is 2. The maximum atomic E-state index is 13.7. The first kappa shape index (κ1) is 20.0. The Kier molecular flexibility index (Phi) is 5.38. The molecule has 0 saturated carbocycles. The first-order chi connectivity index (χ1) is 15.1. The number of amides is 1. The van der Waals surface area contributed by atoms with Gasteiger partial charge in [-0.25, -0.2) is 4.98 Å². The lowest BCUT2D eigenvalue weighted by Crippen LogP contribution is -2.23. The Hall–Kier alpha value is -2.90. The molecule has 1 amide bonds. The number of thiophene rings is 1. The van der Waals surface area contributed by atoms with Crippen molar-refractivity contribution in [1.82, 2.24) is 9.55 Å². The number of aryl methyl sites for hydroxylation is 3. The molecule has 0 bridgehead atoms. The van der Waals surface area contributed by atoms with Gasteiger partial charge in [0.1, 0.15) is 4.83 Å². The van der Waals surface area contributed by atoms with E-state index in [4.69, 9.17) is 4.98 Å². The van der Waals surface area contributed by atoms with E-state index < -0.39 is 0 Å². The second-order valence-corrected chi connectivity index (χ2v) is 9.59. The number of para-hydroxylation sites is 2. The second kappa shape index (κ2) is 8.32. The van der Waals surface area contributed by atoms with E-state index >= 15 is 0 Å². The molecular formula is C24H21N3O2S2. The highest BCUT2D eigenvalue weighted by molar-refractivity contribution is 7.99. The number of thioether (sulfide) groups is 1. The smallest absolute Gasteiger partial charge is 0.267 e. The van der Waals surface area contributed by atoms with Crippen LogP contribution in [0, 0.1) is 6.92 Å². The van der Waals surface area contributed by atoms with Crippen molar-refractivity contribution in [2.45, 2.75) is 31.3 Å². The lowest BCUT2D eigenvalue weighted by atomic mass is 10.2. The molecular weight excluding hydrogens is 426 g/mol. The van der Waals surface area contributed by atoms with E-state index in [-0.39, 0.29) is 17.2 Å². The Morgan fingerprint density at radius 2 is 1.90 bits per heavy atom. The predicted octanol–water partition coefficient (Wildman–Crippen LogP) is 4.98. The van der Waals surface area contributed by atoms with E-state index in [2.05, 4.69) is 5.32 Å². The minimum absolute atomic E-state index is 0.0373. The Labute approximate surface area is 188 Å². The summed E-state index contributed by atoms with van der Waals surface area (Å²) in [6, 6.07) is 17.2. The minimum atomic E-state index is -0.129.